The summed E-state index contributed by atoms with van der Waals surface area (Å²) in [5.41, 5.74) is 0. The normalized spacial score (nSPS) is 22.5. The lowest BCUT2D eigenvalue weighted by Gasteiger charge is -2.26. The van der Waals surface area contributed by atoms with E-state index in [0.717, 1.165) is 0 Å². The number of nitrogens with one attached hydrogen (secondary N) is 3. The summed E-state index contributed by atoms with van der Waals surface area (Å²) >= 11 is 0. The lowest BCUT2D eigenvalue weighted by molar-refractivity contribution is -0.142. The van der Waals surface area contributed by atoms with E-state index < -0.39 is 22.0 Å². The van der Waals surface area contributed by atoms with Gasteiger partial charge in [-0.25, -0.2) is 17.9 Å². The highest BCUT2D eigenvalue weighted by molar-refractivity contribution is 7.89. The zero-order valence-electron chi connectivity index (χ0n) is 12.1. The molecular weight excluding hydrogens is 298 g/mol. The molecule has 0 radical (unpaired) electrons. The molecule has 9 heteroatoms. The van der Waals surface area contributed by atoms with Crippen LogP contribution in [0, 0.1) is 5.92 Å². The molecule has 4 N–H and O–H groups in total. The first-order valence-electron chi connectivity index (χ1n) is 7.08. The van der Waals surface area contributed by atoms with Crippen LogP contribution in [-0.4, -0.2) is 50.4 Å². The summed E-state index contributed by atoms with van der Waals surface area (Å²) in [4.78, 5) is 22.4. The lowest BCUT2D eigenvalue weighted by atomic mass is 9.86. The van der Waals surface area contributed by atoms with E-state index in [9.17, 15) is 18.0 Å². The number of carbonyl (C=O) groups excluding carboxylic acids is 1. The SMILES string of the molecule is CCNS(=O)(=O)CCNC(=O)NC1CCC(C(=O)O)CC1. The van der Waals surface area contributed by atoms with Crippen molar-refractivity contribution >= 4 is 22.0 Å². The van der Waals surface area contributed by atoms with Crippen molar-refractivity contribution in [1.82, 2.24) is 15.4 Å². The van der Waals surface area contributed by atoms with E-state index in [2.05, 4.69) is 15.4 Å². The van der Waals surface area contributed by atoms with Crippen molar-refractivity contribution in [2.45, 2.75) is 38.6 Å². The van der Waals surface area contributed by atoms with Gasteiger partial charge in [-0.2, -0.15) is 0 Å². The third-order valence-corrected chi connectivity index (χ3v) is 4.90. The highest BCUT2D eigenvalue weighted by Gasteiger charge is 2.26. The third-order valence-electron chi connectivity index (χ3n) is 3.43. The van der Waals surface area contributed by atoms with Crippen LogP contribution < -0.4 is 15.4 Å². The number of carboxylic acid groups (broad SMARTS) is 1. The Morgan fingerprint density at radius 2 is 1.81 bits per heavy atom. The van der Waals surface area contributed by atoms with Gasteiger partial charge in [-0.15, -0.1) is 0 Å². The van der Waals surface area contributed by atoms with Crippen LogP contribution in [-0.2, 0) is 14.8 Å². The maximum Gasteiger partial charge on any atom is 0.315 e. The minimum absolute atomic E-state index is 0.0334. The van der Waals surface area contributed by atoms with Gasteiger partial charge in [-0.05, 0) is 25.7 Å². The Balaban J connectivity index is 2.22. The molecule has 2 amide bonds. The van der Waals surface area contributed by atoms with Crippen LogP contribution in [0.25, 0.3) is 0 Å². The Labute approximate surface area is 124 Å². The summed E-state index contributed by atoms with van der Waals surface area (Å²) in [7, 11) is -3.33. The Bertz CT molecular complexity index is 458. The molecule has 1 saturated carbocycles. The van der Waals surface area contributed by atoms with E-state index >= 15 is 0 Å². The van der Waals surface area contributed by atoms with Crippen LogP contribution in [0.5, 0.6) is 0 Å². The second-order valence-corrected chi connectivity index (χ2v) is 7.03. The van der Waals surface area contributed by atoms with Gasteiger partial charge < -0.3 is 15.7 Å². The van der Waals surface area contributed by atoms with Crippen LogP contribution in [0.2, 0.25) is 0 Å². The fourth-order valence-electron chi connectivity index (χ4n) is 2.31. The summed E-state index contributed by atoms with van der Waals surface area (Å²) in [5, 5.41) is 14.1. The monoisotopic (exact) mass is 321 g/mol. The van der Waals surface area contributed by atoms with Gasteiger partial charge in [0, 0.05) is 19.1 Å². The maximum absolute atomic E-state index is 11.6. The Kier molecular flexibility index (Phi) is 6.90. The van der Waals surface area contributed by atoms with Gasteiger partial charge in [0.05, 0.1) is 11.7 Å². The van der Waals surface area contributed by atoms with E-state index in [4.69, 9.17) is 5.11 Å². The molecular formula is C12H23N3O5S. The molecule has 122 valence electrons. The highest BCUT2D eigenvalue weighted by Crippen LogP contribution is 2.24. The summed E-state index contributed by atoms with van der Waals surface area (Å²) < 4.78 is 25.1. The van der Waals surface area contributed by atoms with E-state index in [1.807, 2.05) is 0 Å². The highest BCUT2D eigenvalue weighted by atomic mass is 32.2. The number of sulfonamides is 1. The van der Waals surface area contributed by atoms with Crippen molar-refractivity contribution in [3.8, 4) is 0 Å². The minimum Gasteiger partial charge on any atom is -0.481 e. The van der Waals surface area contributed by atoms with Gasteiger partial charge in [0.25, 0.3) is 0 Å². The topological polar surface area (TPSA) is 125 Å². The number of aliphatic carboxylic acids is 1. The van der Waals surface area contributed by atoms with Crippen molar-refractivity contribution in [3.05, 3.63) is 0 Å². The van der Waals surface area contributed by atoms with Crippen LogP contribution in [0.3, 0.4) is 0 Å². The van der Waals surface area contributed by atoms with E-state index in [-0.39, 0.29) is 24.3 Å². The standard InChI is InChI=1S/C12H23N3O5S/c1-2-14-21(19,20)8-7-13-12(18)15-10-5-3-9(4-6-10)11(16)17/h9-10,14H,2-8H2,1H3,(H,16,17)(H2,13,15,18). The van der Waals surface area contributed by atoms with Gasteiger partial charge in [0.1, 0.15) is 0 Å². The van der Waals surface area contributed by atoms with Crippen molar-refractivity contribution in [3.63, 3.8) is 0 Å². The maximum atomic E-state index is 11.6. The van der Waals surface area contributed by atoms with Crippen LogP contribution >= 0.6 is 0 Å². The zero-order chi connectivity index (χ0) is 15.9. The quantitative estimate of drug-likeness (QED) is 0.520. The molecule has 0 atom stereocenters. The summed E-state index contributed by atoms with van der Waals surface area (Å²) in [5.74, 6) is -1.28. The minimum atomic E-state index is -3.33. The number of urea groups is 1. The molecule has 0 unspecified atom stereocenters. The van der Waals surface area contributed by atoms with Crippen molar-refractivity contribution in [2.75, 3.05) is 18.8 Å². The molecule has 21 heavy (non-hydrogen) atoms. The van der Waals surface area contributed by atoms with Gasteiger partial charge in [-0.1, -0.05) is 6.92 Å². The number of hydrogen-bond acceptors (Lipinski definition) is 4. The second kappa shape index (κ2) is 8.18. The first-order valence-corrected chi connectivity index (χ1v) is 8.73. The fraction of sp³-hybridized carbons (Fsp3) is 0.833. The molecule has 1 aliphatic rings. The molecule has 0 aromatic rings. The number of amides is 2. The molecule has 1 rings (SSSR count). The predicted octanol–water partition coefficient (Wildman–Crippen LogP) is -0.132. The average Bonchev–Trinajstić information content (AvgIpc) is 2.38. The molecule has 0 aromatic heterocycles. The number of carboxylic acids is 1. The summed E-state index contributed by atoms with van der Waals surface area (Å²) in [6.45, 7) is 2.04. The lowest BCUT2D eigenvalue weighted by Crippen LogP contribution is -2.45. The molecule has 0 saturated heterocycles. The first kappa shape index (κ1) is 17.7. The second-order valence-electron chi connectivity index (χ2n) is 5.10. The smallest absolute Gasteiger partial charge is 0.315 e. The molecule has 0 aromatic carbocycles. The van der Waals surface area contributed by atoms with Crippen molar-refractivity contribution in [2.24, 2.45) is 5.92 Å². The zero-order valence-corrected chi connectivity index (χ0v) is 12.9. The van der Waals surface area contributed by atoms with E-state index in [0.29, 0.717) is 32.2 Å². The third kappa shape index (κ3) is 6.76. The summed E-state index contributed by atoms with van der Waals surface area (Å²) in [6, 6.07) is -0.466. The molecule has 0 bridgehead atoms. The van der Waals surface area contributed by atoms with E-state index in [1.165, 1.54) is 0 Å². The van der Waals surface area contributed by atoms with Crippen molar-refractivity contribution in [1.29, 1.82) is 0 Å². The van der Waals surface area contributed by atoms with Gasteiger partial charge in [0.2, 0.25) is 10.0 Å². The van der Waals surface area contributed by atoms with E-state index in [1.54, 1.807) is 6.92 Å². The number of hydrogen-bond donors (Lipinski definition) is 4. The van der Waals surface area contributed by atoms with Crippen LogP contribution in [0.15, 0.2) is 0 Å². The van der Waals surface area contributed by atoms with Gasteiger partial charge >= 0.3 is 12.0 Å². The number of carbonyl (C=O) groups is 2. The number of rotatable bonds is 7. The molecule has 1 aliphatic carbocycles. The van der Waals surface area contributed by atoms with Crippen LogP contribution in [0.1, 0.15) is 32.6 Å². The Morgan fingerprint density at radius 1 is 1.19 bits per heavy atom. The average molecular weight is 321 g/mol. The fourth-order valence-corrected chi connectivity index (χ4v) is 3.27. The van der Waals surface area contributed by atoms with Crippen molar-refractivity contribution < 1.29 is 23.1 Å². The molecule has 0 spiro atoms. The predicted molar refractivity (Wildman–Crippen MR) is 77.4 cm³/mol. The molecule has 0 heterocycles. The first-order chi connectivity index (χ1) is 9.84. The summed E-state index contributed by atoms with van der Waals surface area (Å²) in [6.07, 6.45) is 2.35. The van der Waals surface area contributed by atoms with Crippen LogP contribution in [0.4, 0.5) is 4.79 Å². The Morgan fingerprint density at radius 3 is 2.33 bits per heavy atom. The van der Waals surface area contributed by atoms with Gasteiger partial charge in [-0.3, -0.25) is 4.79 Å². The largest absolute Gasteiger partial charge is 0.481 e. The Hall–Kier alpha value is -1.35. The molecule has 8 nitrogen and oxygen atoms in total. The molecule has 1 fully saturated rings. The van der Waals surface area contributed by atoms with Gasteiger partial charge in [0.15, 0.2) is 0 Å². The molecule has 0 aliphatic heterocycles.